The van der Waals surface area contributed by atoms with E-state index >= 15 is 0 Å². The summed E-state index contributed by atoms with van der Waals surface area (Å²) in [6, 6.07) is 181. The molecule has 0 aliphatic carbocycles. The van der Waals surface area contributed by atoms with Crippen LogP contribution in [0.25, 0.3) is 256 Å². The molecule has 0 saturated carbocycles. The van der Waals surface area contributed by atoms with Crippen LogP contribution in [0.3, 0.4) is 0 Å². The largest absolute Gasteiger partial charge is 0.264 e. The highest BCUT2D eigenvalue weighted by molar-refractivity contribution is 6.26. The van der Waals surface area contributed by atoms with Gasteiger partial charge in [0.25, 0.3) is 0 Å². The van der Waals surface area contributed by atoms with Gasteiger partial charge >= 0.3 is 0 Å². The molecule has 6 aromatic heterocycles. The molecule has 26 aromatic rings. The summed E-state index contributed by atoms with van der Waals surface area (Å²) in [5.41, 5.74) is 34.9. The third-order valence-electron chi connectivity index (χ3n) is 27.2. The Morgan fingerprint density at radius 2 is 0.356 bits per heavy atom. The zero-order chi connectivity index (χ0) is 97.3. The fourth-order valence-electron chi connectivity index (χ4n) is 19.6. The fourth-order valence-corrected chi connectivity index (χ4v) is 19.6. The quantitative estimate of drug-likeness (QED) is 0.0774. The number of aromatic nitrogens is 9. The van der Waals surface area contributed by atoms with Crippen LogP contribution in [0.2, 0.25) is 0 Å². The van der Waals surface area contributed by atoms with Crippen molar-refractivity contribution in [3.8, 4) is 202 Å². The van der Waals surface area contributed by atoms with Crippen LogP contribution in [0.5, 0.6) is 0 Å². The van der Waals surface area contributed by atoms with Crippen molar-refractivity contribution in [1.29, 1.82) is 0 Å². The minimum atomic E-state index is 0.688. The molecule has 0 radical (unpaired) electrons. The van der Waals surface area contributed by atoms with Gasteiger partial charge in [-0.25, -0.2) is 29.9 Å². The van der Waals surface area contributed by atoms with Crippen molar-refractivity contribution < 1.29 is 0 Å². The summed E-state index contributed by atoms with van der Waals surface area (Å²) in [5, 5.41) is 12.6. The van der Waals surface area contributed by atoms with Crippen molar-refractivity contribution in [1.82, 2.24) is 44.9 Å². The summed E-state index contributed by atoms with van der Waals surface area (Å²) in [4.78, 5) is 43.9. The molecule has 0 aliphatic rings. The van der Waals surface area contributed by atoms with E-state index in [1.54, 1.807) is 18.6 Å². The number of rotatable bonds is 18. The predicted molar refractivity (Wildman–Crippen MR) is 605 cm³/mol. The number of nitrogens with zero attached hydrogens (tertiary/aromatic N) is 9. The number of fused-ring (bicyclic) bond motifs is 8. The van der Waals surface area contributed by atoms with Crippen molar-refractivity contribution in [2.45, 2.75) is 0 Å². The van der Waals surface area contributed by atoms with E-state index in [9.17, 15) is 0 Å². The van der Waals surface area contributed by atoms with Crippen molar-refractivity contribution in [2.75, 3.05) is 0 Å². The number of benzene rings is 20. The Balaban J connectivity index is 0.000000118. The lowest BCUT2D eigenvalue weighted by molar-refractivity contribution is 1.18. The molecule has 0 atom stereocenters. The second kappa shape index (κ2) is 40.7. The molecule has 0 N–H and O–H groups in total. The van der Waals surface area contributed by atoms with Crippen LogP contribution in [0.1, 0.15) is 0 Å². The third-order valence-corrected chi connectivity index (χ3v) is 27.2. The highest BCUT2D eigenvalue weighted by atomic mass is 14.9. The lowest BCUT2D eigenvalue weighted by atomic mass is 9.92. The minimum Gasteiger partial charge on any atom is -0.264 e. The van der Waals surface area contributed by atoms with Gasteiger partial charge in [0.1, 0.15) is 0 Å². The Labute approximate surface area is 847 Å². The molecule has 6 heterocycles. The first-order valence-corrected chi connectivity index (χ1v) is 49.1. The van der Waals surface area contributed by atoms with E-state index in [-0.39, 0.29) is 0 Å². The van der Waals surface area contributed by atoms with Gasteiger partial charge in [-0.3, -0.25) is 15.0 Å². The summed E-state index contributed by atoms with van der Waals surface area (Å²) in [6.07, 6.45) is 11.1. The third kappa shape index (κ3) is 19.2. The summed E-state index contributed by atoms with van der Waals surface area (Å²) >= 11 is 0. The number of pyridine rings is 3. The van der Waals surface area contributed by atoms with Gasteiger partial charge < -0.3 is 0 Å². The van der Waals surface area contributed by atoms with E-state index in [0.717, 1.165) is 140 Å². The maximum Gasteiger partial charge on any atom is 0.160 e. The van der Waals surface area contributed by atoms with Crippen molar-refractivity contribution >= 4 is 53.9 Å². The molecule has 0 unspecified atom stereocenters. The Bertz CT molecular complexity index is 9070. The van der Waals surface area contributed by atoms with Gasteiger partial charge in [-0.2, -0.15) is 0 Å². The van der Waals surface area contributed by atoms with Crippen molar-refractivity contribution in [3.05, 3.63) is 553 Å². The molecule has 0 amide bonds. The normalized spacial score (nSPS) is 11.2. The molecular formula is C137H91N9. The Kier molecular flexibility index (Phi) is 24.8. The van der Waals surface area contributed by atoms with E-state index in [4.69, 9.17) is 29.9 Å². The standard InChI is InChI=1S/C51H33N3.2C43H29N3/c1-2-9-34(10-3-1)35-16-22-38(23-17-35)49-32-50(39-24-18-37(19-25-39)42-11-8-30-52-33-42)54-51(53-49)40-26-20-36(21-27-40)41-28-29-47-45-14-5-4-12-43(45)44-13-6-7-15-46(44)48(47)31-41;1-2-10-30(11-3-1)31-21-23-33(24-22-31)41-28-42(36-16-6-14-34(26-36)38-18-9-25-44-29-38)46-43(45-41)37-17-7-15-35(27-37)40-20-8-13-32-12-4-5-19-39(32)40;1-2-9-30(10-3-1)32-18-21-33(22-19-32)41-28-42(38-15-6-14-36(26-38)40-17-8-24-44-29-40)46-43(45-41)39-16-7-13-35(27-39)37-23-20-31-11-4-5-12-34(31)25-37/h1-33H;2*1-29H. The van der Waals surface area contributed by atoms with Crippen LogP contribution in [0, 0.1) is 0 Å². The van der Waals surface area contributed by atoms with Gasteiger partial charge in [0, 0.05) is 98.4 Å². The van der Waals surface area contributed by atoms with Crippen LogP contribution in [-0.4, -0.2) is 44.9 Å². The van der Waals surface area contributed by atoms with E-state index in [0.29, 0.717) is 17.5 Å². The molecule has 26 rings (SSSR count). The number of hydrogen-bond donors (Lipinski definition) is 0. The van der Waals surface area contributed by atoms with E-state index in [2.05, 4.69) is 494 Å². The van der Waals surface area contributed by atoms with Crippen LogP contribution >= 0.6 is 0 Å². The first-order valence-electron chi connectivity index (χ1n) is 49.1. The number of hydrogen-bond acceptors (Lipinski definition) is 9. The summed E-state index contributed by atoms with van der Waals surface area (Å²) in [6.45, 7) is 0. The van der Waals surface area contributed by atoms with Crippen molar-refractivity contribution in [2.24, 2.45) is 0 Å². The maximum absolute atomic E-state index is 5.17. The summed E-state index contributed by atoms with van der Waals surface area (Å²) < 4.78 is 0. The van der Waals surface area contributed by atoms with Crippen LogP contribution in [0.4, 0.5) is 0 Å². The van der Waals surface area contributed by atoms with E-state index in [1.165, 1.54) is 98.4 Å². The Morgan fingerprint density at radius 1 is 0.110 bits per heavy atom. The summed E-state index contributed by atoms with van der Waals surface area (Å²) in [7, 11) is 0. The van der Waals surface area contributed by atoms with Gasteiger partial charge in [-0.15, -0.1) is 0 Å². The molecule has 20 aromatic carbocycles. The zero-order valence-electron chi connectivity index (χ0n) is 79.6. The molecular weight excluding hydrogens is 1770 g/mol. The van der Waals surface area contributed by atoms with Gasteiger partial charge in [0.15, 0.2) is 17.5 Å². The SMILES string of the molecule is c1ccc(-c2ccc(-c3cc(-c4ccc(-c5cccnc5)cc4)nc(-c4ccc(-c5ccc6c7ccccc7c7ccccc7c6c5)cc4)n3)cc2)cc1.c1ccc(-c2ccc(-c3cc(-c4cccc(-c5cccnc5)c4)nc(-c4cccc(-c5ccc6ccccc6c5)c4)n3)cc2)cc1.c1ccc(-c2ccc(-c3cc(-c4cccc(-c5cccnc5)c4)nc(-c4cccc(-c5cccc6ccccc56)c4)n3)cc2)cc1. The second-order valence-corrected chi connectivity index (χ2v) is 36.4. The maximum atomic E-state index is 5.17. The van der Waals surface area contributed by atoms with Gasteiger partial charge in [-0.1, -0.05) is 443 Å². The zero-order valence-corrected chi connectivity index (χ0v) is 79.6. The Hall–Kier alpha value is -19.6. The molecule has 146 heavy (non-hydrogen) atoms. The van der Waals surface area contributed by atoms with Gasteiger partial charge in [0.2, 0.25) is 0 Å². The van der Waals surface area contributed by atoms with E-state index < -0.39 is 0 Å². The smallest absolute Gasteiger partial charge is 0.160 e. The molecule has 9 heteroatoms. The molecule has 9 nitrogen and oxygen atoms in total. The summed E-state index contributed by atoms with van der Waals surface area (Å²) in [5.74, 6) is 2.07. The topological polar surface area (TPSA) is 116 Å². The molecule has 0 aliphatic heterocycles. The lowest BCUT2D eigenvalue weighted by Crippen LogP contribution is -1.96. The van der Waals surface area contributed by atoms with Crippen molar-refractivity contribution in [3.63, 3.8) is 0 Å². The van der Waals surface area contributed by atoms with Gasteiger partial charge in [0.05, 0.1) is 34.2 Å². The second-order valence-electron chi connectivity index (χ2n) is 36.4. The van der Waals surface area contributed by atoms with E-state index in [1.807, 2.05) is 55.0 Å². The van der Waals surface area contributed by atoms with Crippen LogP contribution in [0.15, 0.2) is 553 Å². The average Bonchev–Trinajstić information content (AvgIpc) is 0.738. The molecule has 0 fully saturated rings. The highest BCUT2D eigenvalue weighted by Gasteiger charge is 2.21. The first kappa shape index (κ1) is 89.0. The Morgan fingerprint density at radius 3 is 0.788 bits per heavy atom. The fraction of sp³-hybridized carbons (Fsp3) is 0. The van der Waals surface area contributed by atoms with Gasteiger partial charge in [-0.05, 0) is 216 Å². The molecule has 0 bridgehead atoms. The predicted octanol–water partition coefficient (Wildman–Crippen LogP) is 35.4. The average molecular weight is 1860 g/mol. The minimum absolute atomic E-state index is 0.688. The molecule has 684 valence electrons. The monoisotopic (exact) mass is 1860 g/mol. The molecule has 0 saturated heterocycles. The van der Waals surface area contributed by atoms with Crippen LogP contribution in [-0.2, 0) is 0 Å². The first-order chi connectivity index (χ1) is 72.3. The van der Waals surface area contributed by atoms with Crippen LogP contribution < -0.4 is 0 Å². The highest BCUT2D eigenvalue weighted by Crippen LogP contribution is 2.43. The molecule has 0 spiro atoms. The lowest BCUT2D eigenvalue weighted by Gasteiger charge is -2.13.